The van der Waals surface area contributed by atoms with Gasteiger partial charge in [0.15, 0.2) is 0 Å². The summed E-state index contributed by atoms with van der Waals surface area (Å²) in [6.07, 6.45) is 4.63. The van der Waals surface area contributed by atoms with Gasteiger partial charge in [-0.2, -0.15) is 0 Å². The Balaban J connectivity index is 2.20. The Morgan fingerprint density at radius 1 is 1.26 bits per heavy atom. The van der Waals surface area contributed by atoms with Crippen LogP contribution in [0, 0.1) is 5.92 Å². The Morgan fingerprint density at radius 3 is 2.42 bits per heavy atom. The third-order valence-electron chi connectivity index (χ3n) is 3.81. The number of nitrogens with one attached hydrogen (secondary N) is 1. The number of carbonyl (C=O) groups excluding carboxylic acids is 1. The second-order valence-electron chi connectivity index (χ2n) is 6.13. The van der Waals surface area contributed by atoms with Crippen LogP contribution in [0.5, 0.6) is 0 Å². The Kier molecular flexibility index (Phi) is 7.39. The standard InChI is InChI=1S/C15H30N2O2/c1-12(2)5-6-13(3)16-14-7-9-17(10-8-14)15(18)11-19-4/h12-14,16H,5-11H2,1-4H3. The molecule has 1 saturated heterocycles. The molecule has 1 aliphatic heterocycles. The van der Waals surface area contributed by atoms with Gasteiger partial charge in [-0.25, -0.2) is 0 Å². The molecule has 0 radical (unpaired) electrons. The maximum absolute atomic E-state index is 11.7. The number of nitrogens with zero attached hydrogens (tertiary/aromatic N) is 1. The molecule has 4 heteroatoms. The normalized spacial score (nSPS) is 18.9. The number of ether oxygens (including phenoxy) is 1. The van der Waals surface area contributed by atoms with E-state index in [1.807, 2.05) is 4.90 Å². The monoisotopic (exact) mass is 270 g/mol. The highest BCUT2D eigenvalue weighted by atomic mass is 16.5. The van der Waals surface area contributed by atoms with E-state index in [2.05, 4.69) is 26.1 Å². The molecule has 1 aliphatic rings. The summed E-state index contributed by atoms with van der Waals surface area (Å²) in [7, 11) is 1.57. The Labute approximate surface area is 117 Å². The number of methoxy groups -OCH3 is 1. The highest BCUT2D eigenvalue weighted by molar-refractivity contribution is 5.77. The number of piperidine rings is 1. The molecule has 4 nitrogen and oxygen atoms in total. The number of carbonyl (C=O) groups is 1. The van der Waals surface area contributed by atoms with Gasteiger partial charge in [0.1, 0.15) is 6.61 Å². The summed E-state index contributed by atoms with van der Waals surface area (Å²) in [4.78, 5) is 13.6. The molecule has 1 heterocycles. The highest BCUT2D eigenvalue weighted by Gasteiger charge is 2.23. The van der Waals surface area contributed by atoms with E-state index in [9.17, 15) is 4.79 Å². The van der Waals surface area contributed by atoms with Gasteiger partial charge in [0.2, 0.25) is 5.91 Å². The van der Waals surface area contributed by atoms with E-state index in [4.69, 9.17) is 4.74 Å². The molecule has 1 atom stereocenters. The van der Waals surface area contributed by atoms with Crippen LogP contribution in [0.1, 0.15) is 46.5 Å². The van der Waals surface area contributed by atoms with Gasteiger partial charge in [0, 0.05) is 32.3 Å². The molecule has 0 aromatic rings. The third kappa shape index (κ3) is 6.39. The quantitative estimate of drug-likeness (QED) is 0.770. The molecular weight excluding hydrogens is 240 g/mol. The Hall–Kier alpha value is -0.610. The lowest BCUT2D eigenvalue weighted by Crippen LogP contribution is -2.48. The van der Waals surface area contributed by atoms with Gasteiger partial charge >= 0.3 is 0 Å². The highest BCUT2D eigenvalue weighted by Crippen LogP contribution is 2.13. The van der Waals surface area contributed by atoms with Crippen molar-refractivity contribution in [2.45, 2.75) is 58.5 Å². The summed E-state index contributed by atoms with van der Waals surface area (Å²) in [5.41, 5.74) is 0. The third-order valence-corrected chi connectivity index (χ3v) is 3.81. The van der Waals surface area contributed by atoms with Crippen LogP contribution in [0.3, 0.4) is 0 Å². The van der Waals surface area contributed by atoms with Crippen molar-refractivity contribution in [3.05, 3.63) is 0 Å². The number of hydrogen-bond donors (Lipinski definition) is 1. The minimum absolute atomic E-state index is 0.119. The zero-order valence-corrected chi connectivity index (χ0v) is 12.9. The van der Waals surface area contributed by atoms with Crippen molar-refractivity contribution in [3.63, 3.8) is 0 Å². The molecule has 0 bridgehead atoms. The first-order chi connectivity index (χ1) is 9.02. The fraction of sp³-hybridized carbons (Fsp3) is 0.933. The van der Waals surface area contributed by atoms with Crippen molar-refractivity contribution in [2.75, 3.05) is 26.8 Å². The van der Waals surface area contributed by atoms with E-state index in [-0.39, 0.29) is 12.5 Å². The van der Waals surface area contributed by atoms with Gasteiger partial charge in [0.25, 0.3) is 0 Å². The molecule has 0 aromatic heterocycles. The maximum atomic E-state index is 11.7. The van der Waals surface area contributed by atoms with E-state index in [0.29, 0.717) is 12.1 Å². The molecule has 0 aromatic carbocycles. The number of hydrogen-bond acceptors (Lipinski definition) is 3. The van der Waals surface area contributed by atoms with Crippen LogP contribution in [0.2, 0.25) is 0 Å². The van der Waals surface area contributed by atoms with Crippen molar-refractivity contribution < 1.29 is 9.53 Å². The largest absolute Gasteiger partial charge is 0.375 e. The minimum atomic E-state index is 0.119. The molecule has 19 heavy (non-hydrogen) atoms. The van der Waals surface area contributed by atoms with Crippen molar-refractivity contribution in [1.29, 1.82) is 0 Å². The number of amides is 1. The number of rotatable bonds is 7. The van der Waals surface area contributed by atoms with Gasteiger partial charge in [-0.3, -0.25) is 4.79 Å². The van der Waals surface area contributed by atoms with E-state index in [1.54, 1.807) is 7.11 Å². The smallest absolute Gasteiger partial charge is 0.248 e. The van der Waals surface area contributed by atoms with E-state index >= 15 is 0 Å². The molecule has 112 valence electrons. The average Bonchev–Trinajstić information content (AvgIpc) is 2.37. The lowest BCUT2D eigenvalue weighted by molar-refractivity contribution is -0.136. The summed E-state index contributed by atoms with van der Waals surface area (Å²) in [5.74, 6) is 0.895. The first-order valence-corrected chi connectivity index (χ1v) is 7.55. The lowest BCUT2D eigenvalue weighted by atomic mass is 10.0. The van der Waals surface area contributed by atoms with Crippen LogP contribution in [-0.4, -0.2) is 49.7 Å². The summed E-state index contributed by atoms with van der Waals surface area (Å²) in [6, 6.07) is 1.14. The predicted molar refractivity (Wildman–Crippen MR) is 78.1 cm³/mol. The van der Waals surface area contributed by atoms with Crippen molar-refractivity contribution in [2.24, 2.45) is 5.92 Å². The van der Waals surface area contributed by atoms with Crippen LogP contribution in [0.25, 0.3) is 0 Å². The van der Waals surface area contributed by atoms with Gasteiger partial charge < -0.3 is 15.0 Å². The molecule has 1 N–H and O–H groups in total. The number of likely N-dealkylation sites (tertiary alicyclic amines) is 1. The van der Waals surface area contributed by atoms with E-state index < -0.39 is 0 Å². The fourth-order valence-corrected chi connectivity index (χ4v) is 2.58. The Bertz CT molecular complexity index is 261. The molecule has 1 amide bonds. The van der Waals surface area contributed by atoms with Crippen LogP contribution in [-0.2, 0) is 9.53 Å². The van der Waals surface area contributed by atoms with Gasteiger partial charge in [-0.05, 0) is 38.5 Å². The second kappa shape index (κ2) is 8.54. The van der Waals surface area contributed by atoms with Crippen molar-refractivity contribution >= 4 is 5.91 Å². The summed E-state index contributed by atoms with van der Waals surface area (Å²) < 4.78 is 4.90. The predicted octanol–water partition coefficient (Wildman–Crippen LogP) is 2.04. The molecule has 0 spiro atoms. The first-order valence-electron chi connectivity index (χ1n) is 7.55. The molecule has 1 fully saturated rings. The fourth-order valence-electron chi connectivity index (χ4n) is 2.58. The van der Waals surface area contributed by atoms with Crippen LogP contribution < -0.4 is 5.32 Å². The topological polar surface area (TPSA) is 41.6 Å². The molecule has 0 saturated carbocycles. The second-order valence-corrected chi connectivity index (χ2v) is 6.13. The summed E-state index contributed by atoms with van der Waals surface area (Å²) in [5, 5.41) is 3.70. The zero-order valence-electron chi connectivity index (χ0n) is 12.9. The summed E-state index contributed by atoms with van der Waals surface area (Å²) in [6.45, 7) is 8.74. The van der Waals surface area contributed by atoms with Crippen LogP contribution in [0.15, 0.2) is 0 Å². The first kappa shape index (κ1) is 16.4. The lowest BCUT2D eigenvalue weighted by Gasteiger charge is -2.34. The van der Waals surface area contributed by atoms with Crippen molar-refractivity contribution in [3.8, 4) is 0 Å². The maximum Gasteiger partial charge on any atom is 0.248 e. The summed E-state index contributed by atoms with van der Waals surface area (Å²) >= 11 is 0. The SMILES string of the molecule is COCC(=O)N1CCC(NC(C)CCC(C)C)CC1. The Morgan fingerprint density at radius 2 is 1.89 bits per heavy atom. The average molecular weight is 270 g/mol. The molecule has 1 rings (SSSR count). The van der Waals surface area contributed by atoms with Crippen molar-refractivity contribution in [1.82, 2.24) is 10.2 Å². The zero-order chi connectivity index (χ0) is 14.3. The van der Waals surface area contributed by atoms with Gasteiger partial charge in [-0.1, -0.05) is 13.8 Å². The molecular formula is C15H30N2O2. The van der Waals surface area contributed by atoms with E-state index in [0.717, 1.165) is 31.8 Å². The van der Waals surface area contributed by atoms with E-state index in [1.165, 1.54) is 12.8 Å². The van der Waals surface area contributed by atoms with Crippen LogP contribution in [0.4, 0.5) is 0 Å². The minimum Gasteiger partial charge on any atom is -0.375 e. The van der Waals surface area contributed by atoms with Gasteiger partial charge in [-0.15, -0.1) is 0 Å². The molecule has 1 unspecified atom stereocenters. The molecule has 0 aliphatic carbocycles. The van der Waals surface area contributed by atoms with Crippen LogP contribution >= 0.6 is 0 Å². The van der Waals surface area contributed by atoms with Gasteiger partial charge in [0.05, 0.1) is 0 Å².